The van der Waals surface area contributed by atoms with E-state index >= 15 is 0 Å². The van der Waals surface area contributed by atoms with Crippen molar-refractivity contribution in [2.75, 3.05) is 0 Å². The molecule has 1 aliphatic rings. The lowest BCUT2D eigenvalue weighted by atomic mass is 10.1. The third-order valence-corrected chi connectivity index (χ3v) is 3.20. The molecule has 1 saturated heterocycles. The fourth-order valence-corrected chi connectivity index (χ4v) is 2.02. The van der Waals surface area contributed by atoms with E-state index in [-0.39, 0.29) is 0 Å². The summed E-state index contributed by atoms with van der Waals surface area (Å²) in [6.07, 6.45) is 0. The van der Waals surface area contributed by atoms with Crippen LogP contribution in [0, 0.1) is 0 Å². The molecule has 0 amide bonds. The molecule has 0 spiro atoms. The Morgan fingerprint density at radius 3 is 2.30 bits per heavy atom. The molecule has 1 heteroatoms. The Bertz CT molecular complexity index is 217. The summed E-state index contributed by atoms with van der Waals surface area (Å²) in [6, 6.07) is 10.7. The van der Waals surface area contributed by atoms with Gasteiger partial charge in [-0.3, -0.25) is 0 Å². The van der Waals surface area contributed by atoms with E-state index in [1.54, 1.807) is 0 Å². The Labute approximate surface area is 65.6 Å². The van der Waals surface area contributed by atoms with Gasteiger partial charge in [0.25, 0.3) is 0 Å². The van der Waals surface area contributed by atoms with E-state index in [1.165, 1.54) is 5.56 Å². The van der Waals surface area contributed by atoms with Crippen LogP contribution in [0.25, 0.3) is 0 Å². The first-order chi connectivity index (χ1) is 4.88. The molecule has 0 aromatic heterocycles. The molecular weight excluding hydrogens is 140 g/mol. The summed E-state index contributed by atoms with van der Waals surface area (Å²) in [7, 11) is 0. The van der Waals surface area contributed by atoms with Crippen LogP contribution < -0.4 is 0 Å². The van der Waals surface area contributed by atoms with Crippen molar-refractivity contribution in [3.63, 3.8) is 0 Å². The highest BCUT2D eigenvalue weighted by molar-refractivity contribution is 8.07. The molecule has 1 heterocycles. The lowest BCUT2D eigenvalue weighted by molar-refractivity contribution is 1.04. The van der Waals surface area contributed by atoms with Gasteiger partial charge in [0.1, 0.15) is 0 Å². The van der Waals surface area contributed by atoms with E-state index in [1.807, 2.05) is 11.8 Å². The van der Waals surface area contributed by atoms with Crippen LogP contribution in [0.4, 0.5) is 0 Å². The first-order valence-electron chi connectivity index (χ1n) is 3.58. The topological polar surface area (TPSA) is 0 Å². The van der Waals surface area contributed by atoms with Crippen molar-refractivity contribution in [2.45, 2.75) is 17.4 Å². The van der Waals surface area contributed by atoms with Crippen LogP contribution >= 0.6 is 11.8 Å². The first kappa shape index (κ1) is 6.29. The smallest absolute Gasteiger partial charge is 0.0416 e. The van der Waals surface area contributed by atoms with Gasteiger partial charge in [0.2, 0.25) is 0 Å². The zero-order chi connectivity index (χ0) is 6.97. The summed E-state index contributed by atoms with van der Waals surface area (Å²) in [5.41, 5.74) is 1.49. The average molecular weight is 150 g/mol. The standard InChI is InChI=1S/C9H10S/c1-7-9(10-7)8-5-3-2-4-6-8/h2-7,9H,1H3. The molecule has 0 aliphatic carbocycles. The number of benzene rings is 1. The minimum absolute atomic E-state index is 0.793. The van der Waals surface area contributed by atoms with Crippen LogP contribution in [-0.2, 0) is 0 Å². The highest BCUT2D eigenvalue weighted by atomic mass is 32.2. The Balaban J connectivity index is 2.20. The van der Waals surface area contributed by atoms with E-state index in [0.29, 0.717) is 0 Å². The predicted octanol–water partition coefficient (Wildman–Crippen LogP) is 2.86. The normalized spacial score (nSPS) is 30.1. The van der Waals surface area contributed by atoms with E-state index in [9.17, 15) is 0 Å². The fourth-order valence-electron chi connectivity index (χ4n) is 1.18. The average Bonchev–Trinajstić information content (AvgIpc) is 2.69. The van der Waals surface area contributed by atoms with Crippen molar-refractivity contribution in [3.8, 4) is 0 Å². The van der Waals surface area contributed by atoms with Gasteiger partial charge in [-0.2, -0.15) is 0 Å². The molecule has 1 fully saturated rings. The Kier molecular flexibility index (Phi) is 1.46. The lowest BCUT2D eigenvalue weighted by Gasteiger charge is -1.92. The van der Waals surface area contributed by atoms with Crippen molar-refractivity contribution in [2.24, 2.45) is 0 Å². The maximum Gasteiger partial charge on any atom is 0.0416 e. The second-order valence-electron chi connectivity index (χ2n) is 2.67. The molecule has 1 aromatic carbocycles. The van der Waals surface area contributed by atoms with E-state index in [4.69, 9.17) is 0 Å². The number of thioether (sulfide) groups is 1. The number of hydrogen-bond acceptors (Lipinski definition) is 1. The van der Waals surface area contributed by atoms with E-state index in [2.05, 4.69) is 37.3 Å². The van der Waals surface area contributed by atoms with Crippen LogP contribution in [0.1, 0.15) is 17.7 Å². The van der Waals surface area contributed by atoms with Gasteiger partial charge in [0.15, 0.2) is 0 Å². The largest absolute Gasteiger partial charge is 0.148 e. The highest BCUT2D eigenvalue weighted by Crippen LogP contribution is 2.54. The Morgan fingerprint density at radius 2 is 1.80 bits per heavy atom. The molecule has 0 saturated carbocycles. The summed E-state index contributed by atoms with van der Waals surface area (Å²) in [6.45, 7) is 2.28. The predicted molar refractivity (Wildman–Crippen MR) is 46.2 cm³/mol. The fraction of sp³-hybridized carbons (Fsp3) is 0.333. The van der Waals surface area contributed by atoms with Gasteiger partial charge in [-0.25, -0.2) is 0 Å². The molecule has 0 nitrogen and oxygen atoms in total. The second-order valence-corrected chi connectivity index (χ2v) is 4.20. The summed E-state index contributed by atoms with van der Waals surface area (Å²) in [4.78, 5) is 0. The minimum Gasteiger partial charge on any atom is -0.148 e. The third kappa shape index (κ3) is 1.06. The molecule has 2 unspecified atom stereocenters. The number of hydrogen-bond donors (Lipinski definition) is 0. The summed E-state index contributed by atoms with van der Waals surface area (Å²) >= 11 is 2.04. The Hall–Kier alpha value is -0.430. The SMILES string of the molecule is CC1SC1c1ccccc1. The maximum absolute atomic E-state index is 2.28. The molecule has 0 radical (unpaired) electrons. The third-order valence-electron chi connectivity index (χ3n) is 1.84. The van der Waals surface area contributed by atoms with Crippen molar-refractivity contribution < 1.29 is 0 Å². The van der Waals surface area contributed by atoms with Crippen LogP contribution in [0.2, 0.25) is 0 Å². The summed E-state index contributed by atoms with van der Waals surface area (Å²) in [5.74, 6) is 0. The van der Waals surface area contributed by atoms with Gasteiger partial charge in [0.05, 0.1) is 0 Å². The molecule has 1 aromatic rings. The van der Waals surface area contributed by atoms with Gasteiger partial charge in [-0.1, -0.05) is 37.3 Å². The van der Waals surface area contributed by atoms with Gasteiger partial charge >= 0.3 is 0 Å². The zero-order valence-electron chi connectivity index (χ0n) is 5.95. The molecular formula is C9H10S. The molecule has 0 bridgehead atoms. The van der Waals surface area contributed by atoms with Crippen molar-refractivity contribution in [3.05, 3.63) is 35.9 Å². The second kappa shape index (κ2) is 2.31. The molecule has 0 N–H and O–H groups in total. The molecule has 2 atom stereocenters. The van der Waals surface area contributed by atoms with E-state index in [0.717, 1.165) is 10.5 Å². The van der Waals surface area contributed by atoms with Gasteiger partial charge in [-0.15, -0.1) is 11.8 Å². The van der Waals surface area contributed by atoms with Gasteiger partial charge < -0.3 is 0 Å². The molecule has 2 rings (SSSR count). The molecule has 1 aliphatic heterocycles. The maximum atomic E-state index is 2.28. The van der Waals surface area contributed by atoms with Crippen LogP contribution in [0.5, 0.6) is 0 Å². The first-order valence-corrected chi connectivity index (χ1v) is 4.52. The van der Waals surface area contributed by atoms with Crippen molar-refractivity contribution >= 4 is 11.8 Å². The number of rotatable bonds is 1. The quantitative estimate of drug-likeness (QED) is 0.555. The zero-order valence-corrected chi connectivity index (χ0v) is 6.77. The van der Waals surface area contributed by atoms with Crippen molar-refractivity contribution in [1.29, 1.82) is 0 Å². The molecule has 52 valence electrons. The van der Waals surface area contributed by atoms with Crippen molar-refractivity contribution in [1.82, 2.24) is 0 Å². The Morgan fingerprint density at radius 1 is 1.20 bits per heavy atom. The monoisotopic (exact) mass is 150 g/mol. The molecule has 10 heavy (non-hydrogen) atoms. The van der Waals surface area contributed by atoms with Crippen LogP contribution in [-0.4, -0.2) is 5.25 Å². The van der Waals surface area contributed by atoms with Gasteiger partial charge in [0, 0.05) is 10.5 Å². The van der Waals surface area contributed by atoms with Crippen LogP contribution in [0.3, 0.4) is 0 Å². The lowest BCUT2D eigenvalue weighted by Crippen LogP contribution is -1.80. The summed E-state index contributed by atoms with van der Waals surface area (Å²) < 4.78 is 0. The summed E-state index contributed by atoms with van der Waals surface area (Å²) in [5, 5.41) is 1.64. The van der Waals surface area contributed by atoms with Gasteiger partial charge in [-0.05, 0) is 5.56 Å². The van der Waals surface area contributed by atoms with Crippen LogP contribution in [0.15, 0.2) is 30.3 Å². The highest BCUT2D eigenvalue weighted by Gasteiger charge is 2.34. The minimum atomic E-state index is 0.793. The van der Waals surface area contributed by atoms with E-state index < -0.39 is 0 Å².